The molecule has 8 nitrogen and oxygen atoms in total. The Bertz CT molecular complexity index is 1140. The minimum atomic E-state index is -2.72. The molecule has 3 heterocycles. The standard InChI is InChI=1S/C26H32F2N4O4/c1-16-24(18-5-9-26(27,28)10-6-18)32(25(34)35)23-13-19(3-4-22(23)31(16)17(2)33)20-14-29-30(15-20)21-7-11-36-12-8-21/h3-4,13-16,18,21,24H,5-12H2,1-2H3,(H,34,35)/t16-,24?/m0/s1. The fourth-order valence-corrected chi connectivity index (χ4v) is 6.18. The maximum absolute atomic E-state index is 13.9. The molecule has 3 aliphatic rings. The zero-order chi connectivity index (χ0) is 25.6. The summed E-state index contributed by atoms with van der Waals surface area (Å²) >= 11 is 0. The van der Waals surface area contributed by atoms with Gasteiger partial charge in [0.05, 0.1) is 35.7 Å². The minimum absolute atomic E-state index is 0.208. The number of alkyl halides is 2. The largest absolute Gasteiger partial charge is 0.465 e. The topological polar surface area (TPSA) is 87.9 Å². The highest BCUT2D eigenvalue weighted by Gasteiger charge is 2.48. The number of amides is 2. The maximum Gasteiger partial charge on any atom is 0.412 e. The van der Waals surface area contributed by atoms with Crippen LogP contribution in [-0.4, -0.2) is 58.1 Å². The number of carboxylic acid groups (broad SMARTS) is 1. The summed E-state index contributed by atoms with van der Waals surface area (Å²) in [6.07, 6.45) is 4.21. The lowest BCUT2D eigenvalue weighted by Crippen LogP contribution is -2.61. The van der Waals surface area contributed by atoms with E-state index < -0.39 is 24.1 Å². The van der Waals surface area contributed by atoms with Crippen LogP contribution in [0.4, 0.5) is 25.0 Å². The molecule has 1 saturated carbocycles. The van der Waals surface area contributed by atoms with Gasteiger partial charge in [0.15, 0.2) is 0 Å². The van der Waals surface area contributed by atoms with Crippen LogP contribution in [0.1, 0.15) is 58.4 Å². The SMILES string of the molecule is CC(=O)N1c2ccc(-c3cnn(C4CCOCC4)c3)cc2N(C(=O)O)C(C2CCC(F)(F)CC2)[C@@H]1C. The highest BCUT2D eigenvalue weighted by atomic mass is 19.3. The fourth-order valence-electron chi connectivity index (χ4n) is 6.18. The first-order chi connectivity index (χ1) is 17.2. The zero-order valence-electron chi connectivity index (χ0n) is 20.6. The molecule has 2 amide bonds. The molecule has 2 aromatic rings. The van der Waals surface area contributed by atoms with Gasteiger partial charge in [-0.2, -0.15) is 5.10 Å². The number of ether oxygens (including phenoxy) is 1. The second-order valence-corrected chi connectivity index (χ2v) is 10.2. The first-order valence-electron chi connectivity index (χ1n) is 12.6. The Morgan fingerprint density at radius 3 is 2.39 bits per heavy atom. The van der Waals surface area contributed by atoms with Crippen molar-refractivity contribution in [1.82, 2.24) is 9.78 Å². The molecule has 0 spiro atoms. The molecule has 36 heavy (non-hydrogen) atoms. The van der Waals surface area contributed by atoms with Crippen LogP contribution in [0.15, 0.2) is 30.6 Å². The van der Waals surface area contributed by atoms with E-state index in [4.69, 9.17) is 4.74 Å². The fraction of sp³-hybridized carbons (Fsp3) is 0.577. The first kappa shape index (κ1) is 24.7. The molecule has 0 radical (unpaired) electrons. The molecule has 0 bridgehead atoms. The second kappa shape index (κ2) is 9.46. The average molecular weight is 503 g/mol. The third-order valence-electron chi connectivity index (χ3n) is 7.98. The Labute approximate surface area is 208 Å². The van der Waals surface area contributed by atoms with Crippen LogP contribution in [0.3, 0.4) is 0 Å². The van der Waals surface area contributed by atoms with Crippen LogP contribution in [0.2, 0.25) is 0 Å². The van der Waals surface area contributed by atoms with Gasteiger partial charge in [0.25, 0.3) is 0 Å². The first-order valence-corrected chi connectivity index (χ1v) is 12.6. The molecule has 2 fully saturated rings. The number of hydrogen-bond acceptors (Lipinski definition) is 4. The normalized spacial score (nSPS) is 25.0. The third-order valence-corrected chi connectivity index (χ3v) is 7.98. The van der Waals surface area contributed by atoms with Crippen LogP contribution in [0, 0.1) is 5.92 Å². The van der Waals surface area contributed by atoms with Gasteiger partial charge in [-0.1, -0.05) is 6.07 Å². The van der Waals surface area contributed by atoms with Crippen molar-refractivity contribution in [3.05, 3.63) is 30.6 Å². The summed E-state index contributed by atoms with van der Waals surface area (Å²) < 4.78 is 35.2. The third kappa shape index (κ3) is 4.47. The molecular formula is C26H32F2N4O4. The number of aromatic nitrogens is 2. The summed E-state index contributed by atoms with van der Waals surface area (Å²) in [6.45, 7) is 4.65. The second-order valence-electron chi connectivity index (χ2n) is 10.2. The van der Waals surface area contributed by atoms with E-state index in [0.29, 0.717) is 24.6 Å². The van der Waals surface area contributed by atoms with Crippen molar-refractivity contribution in [2.45, 2.75) is 76.4 Å². The van der Waals surface area contributed by atoms with E-state index in [1.807, 2.05) is 23.9 Å². The Hall–Kier alpha value is -3.01. The Morgan fingerprint density at radius 1 is 1.06 bits per heavy atom. The molecule has 1 aromatic carbocycles. The Balaban J connectivity index is 1.53. The molecule has 10 heteroatoms. The van der Waals surface area contributed by atoms with Crippen molar-refractivity contribution in [3.63, 3.8) is 0 Å². The van der Waals surface area contributed by atoms with Crippen molar-refractivity contribution < 1.29 is 28.2 Å². The van der Waals surface area contributed by atoms with Crippen molar-refractivity contribution in [2.75, 3.05) is 23.0 Å². The van der Waals surface area contributed by atoms with Crippen molar-refractivity contribution >= 4 is 23.4 Å². The van der Waals surface area contributed by atoms with E-state index >= 15 is 0 Å². The van der Waals surface area contributed by atoms with E-state index in [1.54, 1.807) is 23.2 Å². The molecule has 194 valence electrons. The van der Waals surface area contributed by atoms with E-state index in [9.17, 15) is 23.5 Å². The molecule has 1 aliphatic carbocycles. The van der Waals surface area contributed by atoms with Gasteiger partial charge in [0.2, 0.25) is 11.8 Å². The monoisotopic (exact) mass is 502 g/mol. The molecule has 2 atom stereocenters. The van der Waals surface area contributed by atoms with Gasteiger partial charge in [-0.05, 0) is 56.2 Å². The number of carbonyl (C=O) groups is 2. The van der Waals surface area contributed by atoms with E-state index in [1.165, 1.54) is 11.8 Å². The van der Waals surface area contributed by atoms with Crippen molar-refractivity contribution in [1.29, 1.82) is 0 Å². The highest BCUT2D eigenvalue weighted by Crippen LogP contribution is 2.47. The lowest BCUT2D eigenvalue weighted by atomic mass is 9.77. The van der Waals surface area contributed by atoms with Gasteiger partial charge in [-0.3, -0.25) is 14.4 Å². The molecule has 1 saturated heterocycles. The maximum atomic E-state index is 13.9. The van der Waals surface area contributed by atoms with Crippen LogP contribution < -0.4 is 9.80 Å². The summed E-state index contributed by atoms with van der Waals surface area (Å²) in [5, 5.41) is 14.8. The number of anilines is 2. The molecule has 5 rings (SSSR count). The van der Waals surface area contributed by atoms with Gasteiger partial charge in [-0.25, -0.2) is 13.6 Å². The van der Waals surface area contributed by atoms with Crippen molar-refractivity contribution in [2.24, 2.45) is 5.92 Å². The minimum Gasteiger partial charge on any atom is -0.465 e. The summed E-state index contributed by atoms with van der Waals surface area (Å²) in [6, 6.07) is 4.58. The van der Waals surface area contributed by atoms with Gasteiger partial charge >= 0.3 is 6.09 Å². The number of hydrogen-bond donors (Lipinski definition) is 1. The number of benzene rings is 1. The zero-order valence-corrected chi connectivity index (χ0v) is 20.6. The number of halogens is 2. The summed E-state index contributed by atoms with van der Waals surface area (Å²) in [5.74, 6) is -3.20. The van der Waals surface area contributed by atoms with Gasteiger partial charge in [-0.15, -0.1) is 0 Å². The van der Waals surface area contributed by atoms with E-state index in [2.05, 4.69) is 5.10 Å². The summed E-state index contributed by atoms with van der Waals surface area (Å²) in [7, 11) is 0. The van der Waals surface area contributed by atoms with Gasteiger partial charge < -0.3 is 14.7 Å². The molecular weight excluding hydrogens is 470 g/mol. The predicted octanol–water partition coefficient (Wildman–Crippen LogP) is 5.34. The van der Waals surface area contributed by atoms with Gasteiger partial charge in [0.1, 0.15) is 0 Å². The average Bonchev–Trinajstić information content (AvgIpc) is 3.34. The van der Waals surface area contributed by atoms with E-state index in [-0.39, 0.29) is 43.6 Å². The molecule has 1 aromatic heterocycles. The highest BCUT2D eigenvalue weighted by molar-refractivity contribution is 6.03. The quantitative estimate of drug-likeness (QED) is 0.613. The lowest BCUT2D eigenvalue weighted by Gasteiger charge is -2.49. The lowest BCUT2D eigenvalue weighted by molar-refractivity contribution is -0.117. The van der Waals surface area contributed by atoms with Crippen LogP contribution in [0.5, 0.6) is 0 Å². The predicted molar refractivity (Wildman–Crippen MR) is 131 cm³/mol. The summed E-state index contributed by atoms with van der Waals surface area (Å²) in [5.41, 5.74) is 2.53. The number of nitrogens with zero attached hydrogens (tertiary/aromatic N) is 4. The molecule has 1 unspecified atom stereocenters. The van der Waals surface area contributed by atoms with Crippen LogP contribution >= 0.6 is 0 Å². The number of rotatable bonds is 3. The van der Waals surface area contributed by atoms with Crippen LogP contribution in [-0.2, 0) is 9.53 Å². The number of carbonyl (C=O) groups excluding carboxylic acids is 1. The number of fused-ring (bicyclic) bond motifs is 1. The van der Waals surface area contributed by atoms with Crippen molar-refractivity contribution in [3.8, 4) is 11.1 Å². The van der Waals surface area contributed by atoms with Crippen LogP contribution in [0.25, 0.3) is 11.1 Å². The summed E-state index contributed by atoms with van der Waals surface area (Å²) in [4.78, 5) is 28.3. The van der Waals surface area contributed by atoms with Gasteiger partial charge in [0, 0.05) is 44.7 Å². The van der Waals surface area contributed by atoms with E-state index in [0.717, 1.165) is 24.0 Å². The Morgan fingerprint density at radius 2 is 1.75 bits per heavy atom. The smallest absolute Gasteiger partial charge is 0.412 e. The molecule has 1 N–H and O–H groups in total. The molecule has 2 aliphatic heterocycles. The Kier molecular flexibility index (Phi) is 6.48.